The maximum atomic E-state index is 13.9. The summed E-state index contributed by atoms with van der Waals surface area (Å²) in [6, 6.07) is 32.6. The second kappa shape index (κ2) is 15.5. The summed E-state index contributed by atoms with van der Waals surface area (Å²) < 4.78 is 68.1. The van der Waals surface area contributed by atoms with Gasteiger partial charge in [-0.2, -0.15) is 17.5 Å². The molecule has 0 amide bonds. The highest BCUT2D eigenvalue weighted by Crippen LogP contribution is 2.31. The van der Waals surface area contributed by atoms with E-state index in [1.165, 1.54) is 54.1 Å². The van der Waals surface area contributed by atoms with Crippen molar-refractivity contribution >= 4 is 10.0 Å². The quantitative estimate of drug-likeness (QED) is 0.142. The van der Waals surface area contributed by atoms with E-state index in [2.05, 4.69) is 34.6 Å². The summed E-state index contributed by atoms with van der Waals surface area (Å²) in [6.07, 6.45) is 5.39. The number of sulfonamides is 1. The summed E-state index contributed by atoms with van der Waals surface area (Å²) in [6.45, 7) is 1.22. The number of benzene rings is 4. The largest absolute Gasteiger partial charge is 0.416 e. The van der Waals surface area contributed by atoms with Crippen LogP contribution in [0, 0.1) is 0 Å². The summed E-state index contributed by atoms with van der Waals surface area (Å²) in [7, 11) is -3.78. The number of hydrogen-bond donors (Lipinski definition) is 1. The second-order valence-corrected chi connectivity index (χ2v) is 14.7. The van der Waals surface area contributed by atoms with E-state index in [1.54, 1.807) is 42.7 Å². The average molecular weight is 684 g/mol. The average Bonchev–Trinajstić information content (AvgIpc) is 3.12. The van der Waals surface area contributed by atoms with Crippen LogP contribution in [-0.4, -0.2) is 23.7 Å². The van der Waals surface area contributed by atoms with E-state index in [-0.39, 0.29) is 18.8 Å². The topological polar surface area (TPSA) is 62.3 Å². The summed E-state index contributed by atoms with van der Waals surface area (Å²) in [5.74, 6) is -0.222. The van der Waals surface area contributed by atoms with Crippen LogP contribution in [0.2, 0.25) is 0 Å². The molecule has 0 bridgehead atoms. The highest BCUT2D eigenvalue weighted by Gasteiger charge is 2.30. The maximum absolute atomic E-state index is 13.9. The minimum absolute atomic E-state index is 0.165. The molecule has 49 heavy (non-hydrogen) atoms. The Kier molecular flexibility index (Phi) is 10.9. The standard InChI is InChI=1S/C40H40F3N3O2S/c41-40(42,43)38-22-20-37(21-23-38)36-18-12-32(13-19-36)29-49(47,48)46(28-33-5-4-24-44-25-33)27-31-10-16-35(17-11-31)34-14-8-30(9-15-34)26-45-39-6-2-1-3-7-39/h4-5,8-25,39,45H,1-3,6-7,26-29H2. The minimum atomic E-state index is -4.40. The first-order valence-electron chi connectivity index (χ1n) is 16.7. The fourth-order valence-electron chi connectivity index (χ4n) is 6.29. The molecule has 1 N–H and O–H groups in total. The van der Waals surface area contributed by atoms with Crippen LogP contribution < -0.4 is 5.32 Å². The lowest BCUT2D eigenvalue weighted by molar-refractivity contribution is -0.137. The molecule has 1 heterocycles. The number of pyridine rings is 1. The Morgan fingerprint density at radius 2 is 1.16 bits per heavy atom. The van der Waals surface area contributed by atoms with Crippen LogP contribution in [0.3, 0.4) is 0 Å². The highest BCUT2D eigenvalue weighted by molar-refractivity contribution is 7.88. The lowest BCUT2D eigenvalue weighted by Crippen LogP contribution is -2.31. The molecule has 254 valence electrons. The van der Waals surface area contributed by atoms with Crippen LogP contribution in [0.15, 0.2) is 122 Å². The van der Waals surface area contributed by atoms with Gasteiger partial charge in [0.15, 0.2) is 0 Å². The van der Waals surface area contributed by atoms with Crippen molar-refractivity contribution in [2.24, 2.45) is 0 Å². The van der Waals surface area contributed by atoms with Crippen molar-refractivity contribution in [2.45, 2.75) is 69.7 Å². The van der Waals surface area contributed by atoms with Gasteiger partial charge in [-0.05, 0) is 75.5 Å². The van der Waals surface area contributed by atoms with E-state index in [0.717, 1.165) is 40.9 Å². The van der Waals surface area contributed by atoms with Gasteiger partial charge in [0.25, 0.3) is 0 Å². The molecular weight excluding hydrogens is 644 g/mol. The Morgan fingerprint density at radius 3 is 1.69 bits per heavy atom. The van der Waals surface area contributed by atoms with Crippen molar-refractivity contribution < 1.29 is 21.6 Å². The molecule has 0 aliphatic heterocycles. The molecule has 6 rings (SSSR count). The first kappa shape index (κ1) is 34.5. The van der Waals surface area contributed by atoms with Crippen LogP contribution in [0.25, 0.3) is 22.3 Å². The lowest BCUT2D eigenvalue weighted by atomic mass is 9.95. The van der Waals surface area contributed by atoms with Crippen molar-refractivity contribution in [1.82, 2.24) is 14.6 Å². The fourth-order valence-corrected chi connectivity index (χ4v) is 7.77. The molecule has 5 nitrogen and oxygen atoms in total. The van der Waals surface area contributed by atoms with Crippen molar-refractivity contribution in [3.63, 3.8) is 0 Å². The number of nitrogens with zero attached hydrogens (tertiary/aromatic N) is 2. The maximum Gasteiger partial charge on any atom is 0.416 e. The molecule has 5 aromatic rings. The van der Waals surface area contributed by atoms with Gasteiger partial charge in [-0.15, -0.1) is 0 Å². The van der Waals surface area contributed by atoms with Crippen LogP contribution in [-0.2, 0) is 41.6 Å². The van der Waals surface area contributed by atoms with Gasteiger partial charge < -0.3 is 5.32 Å². The summed E-state index contributed by atoms with van der Waals surface area (Å²) >= 11 is 0. The number of nitrogens with one attached hydrogen (secondary N) is 1. The van der Waals surface area contributed by atoms with E-state index in [4.69, 9.17) is 0 Å². The van der Waals surface area contributed by atoms with Crippen LogP contribution in [0.1, 0.15) is 59.9 Å². The first-order chi connectivity index (χ1) is 23.6. The molecule has 0 unspecified atom stereocenters. The van der Waals surface area contributed by atoms with Gasteiger partial charge in [0.2, 0.25) is 10.0 Å². The molecular formula is C40H40F3N3O2S. The summed E-state index contributed by atoms with van der Waals surface area (Å²) in [4.78, 5) is 4.17. The zero-order chi connectivity index (χ0) is 34.3. The third kappa shape index (κ3) is 9.44. The van der Waals surface area contributed by atoms with E-state index < -0.39 is 21.8 Å². The van der Waals surface area contributed by atoms with Gasteiger partial charge >= 0.3 is 6.18 Å². The Morgan fingerprint density at radius 1 is 0.653 bits per heavy atom. The molecule has 0 saturated heterocycles. The first-order valence-corrected chi connectivity index (χ1v) is 18.3. The van der Waals surface area contributed by atoms with Gasteiger partial charge in [-0.25, -0.2) is 8.42 Å². The zero-order valence-electron chi connectivity index (χ0n) is 27.2. The fraction of sp³-hybridized carbons (Fsp3) is 0.275. The molecule has 0 atom stereocenters. The van der Waals surface area contributed by atoms with Gasteiger partial charge in [-0.3, -0.25) is 4.98 Å². The van der Waals surface area contributed by atoms with E-state index in [0.29, 0.717) is 22.7 Å². The number of halogens is 3. The summed E-state index contributed by atoms with van der Waals surface area (Å²) in [5, 5.41) is 3.69. The number of hydrogen-bond acceptors (Lipinski definition) is 4. The molecule has 1 aliphatic carbocycles. The smallest absolute Gasteiger partial charge is 0.310 e. The molecule has 0 spiro atoms. The summed E-state index contributed by atoms with van der Waals surface area (Å²) in [5.41, 5.74) is 6.25. The lowest BCUT2D eigenvalue weighted by Gasteiger charge is -2.23. The molecule has 4 aromatic carbocycles. The Bertz CT molecular complexity index is 1890. The third-order valence-corrected chi connectivity index (χ3v) is 10.9. The van der Waals surface area contributed by atoms with E-state index >= 15 is 0 Å². The number of rotatable bonds is 12. The van der Waals surface area contributed by atoms with E-state index in [9.17, 15) is 21.6 Å². The van der Waals surface area contributed by atoms with Crippen LogP contribution in [0.5, 0.6) is 0 Å². The third-order valence-electron chi connectivity index (χ3n) is 9.12. The molecule has 1 aliphatic rings. The van der Waals surface area contributed by atoms with E-state index in [1.807, 2.05) is 30.3 Å². The minimum Gasteiger partial charge on any atom is -0.310 e. The van der Waals surface area contributed by atoms with Crippen molar-refractivity contribution in [2.75, 3.05) is 0 Å². The monoisotopic (exact) mass is 683 g/mol. The normalized spacial score (nSPS) is 14.3. The van der Waals surface area contributed by atoms with Gasteiger partial charge in [0.05, 0.1) is 11.3 Å². The molecule has 1 fully saturated rings. The molecule has 0 radical (unpaired) electrons. The van der Waals surface area contributed by atoms with Gasteiger partial charge in [0, 0.05) is 38.1 Å². The molecule has 1 saturated carbocycles. The Hall–Kier alpha value is -4.31. The number of aromatic nitrogens is 1. The van der Waals surface area contributed by atoms with Crippen molar-refractivity contribution in [3.8, 4) is 22.3 Å². The van der Waals surface area contributed by atoms with Gasteiger partial charge in [-0.1, -0.05) is 110 Å². The van der Waals surface area contributed by atoms with Crippen molar-refractivity contribution in [1.29, 1.82) is 0 Å². The van der Waals surface area contributed by atoms with Crippen LogP contribution >= 0.6 is 0 Å². The highest BCUT2D eigenvalue weighted by atomic mass is 32.2. The second-order valence-electron chi connectivity index (χ2n) is 12.8. The van der Waals surface area contributed by atoms with Gasteiger partial charge in [0.1, 0.15) is 0 Å². The zero-order valence-corrected chi connectivity index (χ0v) is 28.1. The van der Waals surface area contributed by atoms with Crippen molar-refractivity contribution in [3.05, 3.63) is 149 Å². The predicted octanol–water partition coefficient (Wildman–Crippen LogP) is 9.39. The Balaban J connectivity index is 1.13. The molecule has 9 heteroatoms. The predicted molar refractivity (Wildman–Crippen MR) is 189 cm³/mol. The molecule has 1 aromatic heterocycles. The SMILES string of the molecule is O=S(=O)(Cc1ccc(-c2ccc(C(F)(F)F)cc2)cc1)N(Cc1ccc(-c2ccc(CNC3CCCCC3)cc2)cc1)Cc1cccnc1. The number of alkyl halides is 3. The van der Waals surface area contributed by atoms with Crippen LogP contribution in [0.4, 0.5) is 13.2 Å². The Labute approximate surface area is 286 Å².